The summed E-state index contributed by atoms with van der Waals surface area (Å²) >= 11 is 0. The van der Waals surface area contributed by atoms with Crippen LogP contribution >= 0.6 is 0 Å². The quantitative estimate of drug-likeness (QED) is 0.286. The third-order valence-corrected chi connectivity index (χ3v) is 7.29. The van der Waals surface area contributed by atoms with E-state index < -0.39 is 23.3 Å². The molecule has 2 N–H and O–H groups in total. The number of amides is 2. The number of nitrogens with one attached hydrogen (secondary N) is 2. The molecule has 14 heteroatoms. The Hall–Kier alpha value is -4.46. The zero-order valence-electron chi connectivity index (χ0n) is 25.8. The molecule has 2 amide bonds. The first kappa shape index (κ1) is 33.4. The summed E-state index contributed by atoms with van der Waals surface area (Å²) in [6.07, 6.45) is -2.68. The fourth-order valence-electron chi connectivity index (χ4n) is 5.16. The highest BCUT2D eigenvalue weighted by molar-refractivity contribution is 5.99. The monoisotopic (exact) mass is 629 g/mol. The second-order valence-electron chi connectivity index (χ2n) is 10.2. The van der Waals surface area contributed by atoms with E-state index >= 15 is 0 Å². The Morgan fingerprint density at radius 3 is 2.47 bits per heavy atom. The number of pyridine rings is 3. The predicted octanol–water partition coefficient (Wildman–Crippen LogP) is 4.05. The smallest absolute Gasteiger partial charge is 0.434 e. The van der Waals surface area contributed by atoms with Gasteiger partial charge < -0.3 is 29.9 Å². The molecule has 1 fully saturated rings. The number of alkyl halides is 3. The van der Waals surface area contributed by atoms with Gasteiger partial charge in [-0.3, -0.25) is 9.59 Å². The SMILES string of the molecule is CCOc1ccc(C(=O)N2CCN(c3ccc(-c4cccnc4OCC)nc3C(=O)NCCNC)[C@H](CC)C2)c(C(F)(F)F)n1. The van der Waals surface area contributed by atoms with Crippen molar-refractivity contribution in [3.05, 3.63) is 59.5 Å². The number of halogens is 3. The van der Waals surface area contributed by atoms with E-state index in [1.807, 2.05) is 24.8 Å². The fraction of sp³-hybridized carbons (Fsp3) is 0.452. The van der Waals surface area contributed by atoms with E-state index in [0.717, 1.165) is 6.07 Å². The lowest BCUT2D eigenvalue weighted by atomic mass is 10.0. The van der Waals surface area contributed by atoms with Crippen molar-refractivity contribution in [2.45, 2.75) is 39.4 Å². The first-order valence-corrected chi connectivity index (χ1v) is 14.9. The molecule has 4 heterocycles. The number of ether oxygens (including phenoxy) is 2. The third kappa shape index (κ3) is 7.80. The summed E-state index contributed by atoms with van der Waals surface area (Å²) in [5, 5.41) is 5.88. The molecule has 0 radical (unpaired) electrons. The summed E-state index contributed by atoms with van der Waals surface area (Å²) < 4.78 is 52.6. The van der Waals surface area contributed by atoms with Crippen LogP contribution in [0.3, 0.4) is 0 Å². The van der Waals surface area contributed by atoms with Crippen molar-refractivity contribution in [2.75, 3.05) is 57.9 Å². The van der Waals surface area contributed by atoms with Gasteiger partial charge >= 0.3 is 6.18 Å². The van der Waals surface area contributed by atoms with Gasteiger partial charge in [-0.25, -0.2) is 15.0 Å². The maximum atomic E-state index is 13.9. The molecular formula is C31H38F3N7O4. The minimum Gasteiger partial charge on any atom is -0.478 e. The van der Waals surface area contributed by atoms with Crippen LogP contribution in [-0.4, -0.2) is 90.7 Å². The molecule has 1 aliphatic rings. The van der Waals surface area contributed by atoms with Crippen LogP contribution in [0.15, 0.2) is 42.6 Å². The molecular weight excluding hydrogens is 591 g/mol. The van der Waals surface area contributed by atoms with E-state index in [9.17, 15) is 22.8 Å². The third-order valence-electron chi connectivity index (χ3n) is 7.29. The zero-order valence-corrected chi connectivity index (χ0v) is 25.8. The van der Waals surface area contributed by atoms with Crippen LogP contribution in [0.25, 0.3) is 11.3 Å². The molecule has 0 bridgehead atoms. The van der Waals surface area contributed by atoms with Gasteiger partial charge in [0.15, 0.2) is 11.4 Å². The average molecular weight is 630 g/mol. The molecule has 0 unspecified atom stereocenters. The van der Waals surface area contributed by atoms with Crippen LogP contribution in [0, 0.1) is 0 Å². The summed E-state index contributed by atoms with van der Waals surface area (Å²) in [4.78, 5) is 43.0. The fourth-order valence-corrected chi connectivity index (χ4v) is 5.16. The van der Waals surface area contributed by atoms with Gasteiger partial charge in [0.1, 0.15) is 0 Å². The second kappa shape index (κ2) is 15.0. The van der Waals surface area contributed by atoms with Gasteiger partial charge in [-0.1, -0.05) is 6.92 Å². The van der Waals surface area contributed by atoms with E-state index in [-0.39, 0.29) is 49.8 Å². The lowest BCUT2D eigenvalue weighted by Gasteiger charge is -2.43. The highest BCUT2D eigenvalue weighted by Crippen LogP contribution is 2.34. The number of rotatable bonds is 12. The molecule has 1 atom stereocenters. The van der Waals surface area contributed by atoms with Crippen LogP contribution in [0.5, 0.6) is 11.8 Å². The van der Waals surface area contributed by atoms with Crippen molar-refractivity contribution in [3.8, 4) is 23.0 Å². The molecule has 11 nitrogen and oxygen atoms in total. The standard InChI is InChI=1S/C31H38F3N7O4/c1-5-20-19-40(30(43)22-10-13-25(44-6-2)39-27(22)31(32,33)34)17-18-41(20)24-12-11-23(21-9-8-14-37-29(21)45-7-3)38-26(24)28(42)36-16-15-35-4/h8-14,20,35H,5-7,15-19H2,1-4H3,(H,36,42)/t20-/m1/s1. The van der Waals surface area contributed by atoms with Gasteiger partial charge in [-0.05, 0) is 57.6 Å². The molecule has 0 spiro atoms. The van der Waals surface area contributed by atoms with Crippen molar-refractivity contribution < 1.29 is 32.2 Å². The van der Waals surface area contributed by atoms with Crippen LogP contribution in [0.4, 0.5) is 18.9 Å². The summed E-state index contributed by atoms with van der Waals surface area (Å²) in [5.74, 6) is -0.960. The molecule has 45 heavy (non-hydrogen) atoms. The number of piperazine rings is 1. The van der Waals surface area contributed by atoms with Gasteiger partial charge in [-0.2, -0.15) is 13.2 Å². The normalized spacial score (nSPS) is 15.1. The molecule has 1 aliphatic heterocycles. The van der Waals surface area contributed by atoms with E-state index in [0.29, 0.717) is 48.9 Å². The summed E-state index contributed by atoms with van der Waals surface area (Å²) in [6.45, 7) is 7.40. The Labute approximate surface area is 260 Å². The number of likely N-dealkylation sites (N-methyl/N-ethyl adjacent to an activating group) is 1. The first-order chi connectivity index (χ1) is 21.6. The topological polar surface area (TPSA) is 122 Å². The van der Waals surface area contributed by atoms with Crippen molar-refractivity contribution in [3.63, 3.8) is 0 Å². The molecule has 3 aromatic rings. The van der Waals surface area contributed by atoms with Gasteiger partial charge in [0.05, 0.1) is 35.7 Å². The van der Waals surface area contributed by atoms with E-state index in [1.54, 1.807) is 38.4 Å². The number of aromatic nitrogens is 3. The molecule has 0 saturated carbocycles. The Morgan fingerprint density at radius 1 is 1.00 bits per heavy atom. The van der Waals surface area contributed by atoms with Crippen LogP contribution in [-0.2, 0) is 6.18 Å². The molecule has 0 aromatic carbocycles. The Morgan fingerprint density at radius 2 is 1.78 bits per heavy atom. The first-order valence-electron chi connectivity index (χ1n) is 14.9. The van der Waals surface area contributed by atoms with Crippen molar-refractivity contribution >= 4 is 17.5 Å². The van der Waals surface area contributed by atoms with Gasteiger partial charge in [0.25, 0.3) is 11.8 Å². The number of carbonyl (C=O) groups excluding carboxylic acids is 2. The van der Waals surface area contributed by atoms with Crippen molar-refractivity contribution in [1.82, 2.24) is 30.5 Å². The number of hydrogen-bond donors (Lipinski definition) is 2. The van der Waals surface area contributed by atoms with Crippen LogP contribution in [0.1, 0.15) is 53.7 Å². The lowest BCUT2D eigenvalue weighted by Crippen LogP contribution is -2.55. The number of hydrogen-bond acceptors (Lipinski definition) is 9. The van der Waals surface area contributed by atoms with Gasteiger partial charge in [-0.15, -0.1) is 0 Å². The Balaban J connectivity index is 1.66. The molecule has 1 saturated heterocycles. The van der Waals surface area contributed by atoms with E-state index in [2.05, 4.69) is 20.6 Å². The zero-order chi connectivity index (χ0) is 32.6. The predicted molar refractivity (Wildman–Crippen MR) is 163 cm³/mol. The van der Waals surface area contributed by atoms with Gasteiger partial charge in [0.2, 0.25) is 11.8 Å². The summed E-state index contributed by atoms with van der Waals surface area (Å²) in [5.41, 5.74) is 0.0478. The average Bonchev–Trinajstić information content (AvgIpc) is 3.04. The largest absolute Gasteiger partial charge is 0.478 e. The number of carbonyl (C=O) groups is 2. The number of nitrogens with zero attached hydrogens (tertiary/aromatic N) is 5. The molecule has 4 rings (SSSR count). The molecule has 242 valence electrons. The van der Waals surface area contributed by atoms with E-state index in [4.69, 9.17) is 14.5 Å². The summed E-state index contributed by atoms with van der Waals surface area (Å²) in [6, 6.07) is 9.23. The Bertz CT molecular complexity index is 1490. The van der Waals surface area contributed by atoms with Gasteiger partial charge in [0, 0.05) is 51.0 Å². The van der Waals surface area contributed by atoms with E-state index in [1.165, 1.54) is 11.0 Å². The minimum atomic E-state index is -4.84. The highest BCUT2D eigenvalue weighted by Gasteiger charge is 2.40. The van der Waals surface area contributed by atoms with Crippen LogP contribution in [0.2, 0.25) is 0 Å². The van der Waals surface area contributed by atoms with Crippen molar-refractivity contribution in [2.24, 2.45) is 0 Å². The van der Waals surface area contributed by atoms with Crippen LogP contribution < -0.4 is 25.0 Å². The molecule has 0 aliphatic carbocycles. The highest BCUT2D eigenvalue weighted by atomic mass is 19.4. The second-order valence-corrected chi connectivity index (χ2v) is 10.2. The lowest BCUT2D eigenvalue weighted by molar-refractivity contribution is -0.141. The maximum absolute atomic E-state index is 13.9. The maximum Gasteiger partial charge on any atom is 0.434 e. The minimum absolute atomic E-state index is 0.125. The molecule has 3 aromatic heterocycles. The Kier molecular flexibility index (Phi) is 11.2. The summed E-state index contributed by atoms with van der Waals surface area (Å²) in [7, 11) is 1.78. The number of anilines is 1. The van der Waals surface area contributed by atoms with Crippen molar-refractivity contribution in [1.29, 1.82) is 0 Å².